The molecule has 0 atom stereocenters. The summed E-state index contributed by atoms with van der Waals surface area (Å²) in [5, 5.41) is 2.99. The van der Waals surface area contributed by atoms with Gasteiger partial charge in [0.05, 0.1) is 0 Å². The minimum Gasteiger partial charge on any atom is -0.339 e. The molecule has 128 valence electrons. The third kappa shape index (κ3) is 4.34. The summed E-state index contributed by atoms with van der Waals surface area (Å²) in [5.74, 6) is -0.249. The summed E-state index contributed by atoms with van der Waals surface area (Å²) in [5.41, 5.74) is 0.958. The summed E-state index contributed by atoms with van der Waals surface area (Å²) in [4.78, 5) is 4.10. The van der Waals surface area contributed by atoms with Gasteiger partial charge in [0.1, 0.15) is 10.7 Å². The molecule has 0 bridgehead atoms. The Labute approximate surface area is 153 Å². The molecule has 0 saturated heterocycles. The van der Waals surface area contributed by atoms with E-state index in [1.165, 1.54) is 42.6 Å². The number of nitrogens with zero attached hydrogens (tertiary/aromatic N) is 1. The third-order valence-electron chi connectivity index (χ3n) is 3.26. The number of sulfonamides is 1. The molecular weight excluding hydrogens is 409 g/mol. The first kappa shape index (κ1) is 17.4. The zero-order chi connectivity index (χ0) is 17.9. The number of hydrogen-bond donors (Lipinski definition) is 2. The Morgan fingerprint density at radius 3 is 2.24 bits per heavy atom. The smallest absolute Gasteiger partial charge is 0.265 e. The second-order valence-corrected chi connectivity index (χ2v) is 7.66. The fraction of sp³-hybridized carbons (Fsp3) is 0. The van der Waals surface area contributed by atoms with Crippen LogP contribution in [0.15, 0.2) is 76.2 Å². The zero-order valence-corrected chi connectivity index (χ0v) is 15.2. The lowest BCUT2D eigenvalue weighted by Gasteiger charge is -2.13. The molecule has 3 rings (SSSR count). The number of rotatable bonds is 5. The van der Waals surface area contributed by atoms with Crippen molar-refractivity contribution in [3.8, 4) is 0 Å². The fourth-order valence-electron chi connectivity index (χ4n) is 2.10. The average molecular weight is 422 g/mol. The standard InChI is InChI=1S/C17H13BrFN3O2S/c18-12-3-7-14(8-4-12)21-17-16(2-1-11-20-17)25(23,24)22-15-9-5-13(19)6-10-15/h1-11,22H,(H,20,21). The molecule has 0 aliphatic rings. The largest absolute Gasteiger partial charge is 0.339 e. The number of hydrogen-bond acceptors (Lipinski definition) is 4. The van der Waals surface area contributed by atoms with Crippen molar-refractivity contribution >= 4 is 43.1 Å². The lowest BCUT2D eigenvalue weighted by molar-refractivity contribution is 0.601. The number of pyridine rings is 1. The van der Waals surface area contributed by atoms with Crippen LogP contribution in [0, 0.1) is 5.82 Å². The second-order valence-electron chi connectivity index (χ2n) is 5.09. The Morgan fingerprint density at radius 1 is 0.920 bits per heavy atom. The molecule has 0 unspecified atom stereocenters. The normalized spacial score (nSPS) is 11.1. The highest BCUT2D eigenvalue weighted by Crippen LogP contribution is 2.25. The maximum Gasteiger partial charge on any atom is 0.265 e. The van der Waals surface area contributed by atoms with Crippen molar-refractivity contribution in [1.29, 1.82) is 0 Å². The van der Waals surface area contributed by atoms with Gasteiger partial charge in [-0.05, 0) is 60.7 Å². The molecule has 0 saturated carbocycles. The van der Waals surface area contributed by atoms with Gasteiger partial charge in [-0.15, -0.1) is 0 Å². The first-order valence-corrected chi connectivity index (χ1v) is 9.48. The summed E-state index contributed by atoms with van der Waals surface area (Å²) in [7, 11) is -3.89. The SMILES string of the molecule is O=S(=O)(Nc1ccc(F)cc1)c1cccnc1Nc1ccc(Br)cc1. The summed E-state index contributed by atoms with van der Waals surface area (Å²) in [6, 6.07) is 15.3. The second kappa shape index (κ2) is 7.20. The molecule has 1 aromatic heterocycles. The molecule has 0 spiro atoms. The van der Waals surface area contributed by atoms with Gasteiger partial charge in [0.15, 0.2) is 5.82 Å². The van der Waals surface area contributed by atoms with Crippen molar-refractivity contribution in [2.75, 3.05) is 10.0 Å². The number of benzene rings is 2. The molecule has 0 fully saturated rings. The molecule has 0 radical (unpaired) electrons. The molecular formula is C17H13BrFN3O2S. The van der Waals surface area contributed by atoms with E-state index in [-0.39, 0.29) is 16.4 Å². The average Bonchev–Trinajstić information content (AvgIpc) is 2.59. The number of halogens is 2. The van der Waals surface area contributed by atoms with Crippen molar-refractivity contribution in [3.05, 3.63) is 77.2 Å². The quantitative estimate of drug-likeness (QED) is 0.634. The Balaban J connectivity index is 1.90. The van der Waals surface area contributed by atoms with Gasteiger partial charge in [-0.25, -0.2) is 17.8 Å². The van der Waals surface area contributed by atoms with Gasteiger partial charge in [0.25, 0.3) is 10.0 Å². The monoisotopic (exact) mass is 421 g/mol. The molecule has 2 aromatic carbocycles. The van der Waals surface area contributed by atoms with E-state index in [9.17, 15) is 12.8 Å². The van der Waals surface area contributed by atoms with Crippen LogP contribution in [-0.2, 0) is 10.0 Å². The van der Waals surface area contributed by atoms with Gasteiger partial charge < -0.3 is 5.32 Å². The van der Waals surface area contributed by atoms with Crippen molar-refractivity contribution < 1.29 is 12.8 Å². The molecule has 0 aliphatic carbocycles. The molecule has 1 heterocycles. The molecule has 0 amide bonds. The van der Waals surface area contributed by atoms with Crippen LogP contribution in [0.2, 0.25) is 0 Å². The number of nitrogens with one attached hydrogen (secondary N) is 2. The van der Waals surface area contributed by atoms with Crippen molar-refractivity contribution in [1.82, 2.24) is 4.98 Å². The Morgan fingerprint density at radius 2 is 1.56 bits per heavy atom. The van der Waals surface area contributed by atoms with E-state index in [2.05, 4.69) is 31.0 Å². The van der Waals surface area contributed by atoms with E-state index in [1.54, 1.807) is 12.1 Å². The fourth-order valence-corrected chi connectivity index (χ4v) is 3.54. The van der Waals surface area contributed by atoms with Crippen LogP contribution in [0.5, 0.6) is 0 Å². The van der Waals surface area contributed by atoms with Crippen LogP contribution >= 0.6 is 15.9 Å². The Hall–Kier alpha value is -2.45. The number of anilines is 3. The molecule has 3 aromatic rings. The third-order valence-corrected chi connectivity index (χ3v) is 5.21. The van der Waals surface area contributed by atoms with E-state index in [1.807, 2.05) is 12.1 Å². The van der Waals surface area contributed by atoms with Crippen LogP contribution in [0.4, 0.5) is 21.6 Å². The van der Waals surface area contributed by atoms with E-state index in [4.69, 9.17) is 0 Å². The summed E-state index contributed by atoms with van der Waals surface area (Å²) < 4.78 is 41.6. The highest BCUT2D eigenvalue weighted by atomic mass is 79.9. The van der Waals surface area contributed by atoms with Crippen LogP contribution < -0.4 is 10.0 Å². The Bertz CT molecular complexity index is 978. The van der Waals surface area contributed by atoms with Crippen molar-refractivity contribution in [2.24, 2.45) is 0 Å². The van der Waals surface area contributed by atoms with Gasteiger partial charge in [-0.2, -0.15) is 0 Å². The van der Waals surface area contributed by atoms with Crippen LogP contribution in [0.3, 0.4) is 0 Å². The predicted molar refractivity (Wildman–Crippen MR) is 98.9 cm³/mol. The van der Waals surface area contributed by atoms with Crippen LogP contribution in [-0.4, -0.2) is 13.4 Å². The molecule has 0 aliphatic heterocycles. The first-order valence-electron chi connectivity index (χ1n) is 7.20. The lowest BCUT2D eigenvalue weighted by Crippen LogP contribution is -2.15. The maximum absolute atomic E-state index is 13.0. The minimum absolute atomic E-state index is 0.0118. The molecule has 25 heavy (non-hydrogen) atoms. The van der Waals surface area contributed by atoms with Gasteiger partial charge in [-0.1, -0.05) is 15.9 Å². The minimum atomic E-state index is -3.89. The van der Waals surface area contributed by atoms with E-state index in [0.717, 1.165) is 4.47 Å². The van der Waals surface area contributed by atoms with Gasteiger partial charge in [0, 0.05) is 22.0 Å². The molecule has 2 N–H and O–H groups in total. The topological polar surface area (TPSA) is 71.1 Å². The molecule has 8 heteroatoms. The highest BCUT2D eigenvalue weighted by molar-refractivity contribution is 9.10. The van der Waals surface area contributed by atoms with Gasteiger partial charge in [-0.3, -0.25) is 4.72 Å². The zero-order valence-electron chi connectivity index (χ0n) is 12.8. The summed E-state index contributed by atoms with van der Waals surface area (Å²) in [6.45, 7) is 0. The maximum atomic E-state index is 13.0. The number of aromatic nitrogens is 1. The summed E-state index contributed by atoms with van der Waals surface area (Å²) in [6.07, 6.45) is 1.50. The van der Waals surface area contributed by atoms with Crippen molar-refractivity contribution in [2.45, 2.75) is 4.90 Å². The van der Waals surface area contributed by atoms with Gasteiger partial charge in [0.2, 0.25) is 0 Å². The molecule has 5 nitrogen and oxygen atoms in total. The van der Waals surface area contributed by atoms with Crippen LogP contribution in [0.25, 0.3) is 0 Å². The highest BCUT2D eigenvalue weighted by Gasteiger charge is 2.19. The predicted octanol–water partition coefficient (Wildman–Crippen LogP) is 4.53. The summed E-state index contributed by atoms with van der Waals surface area (Å²) >= 11 is 3.34. The first-order chi connectivity index (χ1) is 11.9. The Kier molecular flexibility index (Phi) is 5.00. The van der Waals surface area contributed by atoms with Crippen LogP contribution in [0.1, 0.15) is 0 Å². The van der Waals surface area contributed by atoms with E-state index in [0.29, 0.717) is 5.69 Å². The lowest BCUT2D eigenvalue weighted by atomic mass is 10.3. The van der Waals surface area contributed by atoms with E-state index >= 15 is 0 Å². The van der Waals surface area contributed by atoms with Crippen molar-refractivity contribution in [3.63, 3.8) is 0 Å². The van der Waals surface area contributed by atoms with E-state index < -0.39 is 15.8 Å². The van der Waals surface area contributed by atoms with Gasteiger partial charge >= 0.3 is 0 Å².